The first-order chi connectivity index (χ1) is 6.92. The van der Waals surface area contributed by atoms with E-state index in [1.165, 1.54) is 0 Å². The molecule has 1 aromatic heterocycles. The topological polar surface area (TPSA) is 73.8 Å². The van der Waals surface area contributed by atoms with Crippen LogP contribution < -0.4 is 5.48 Å². The van der Waals surface area contributed by atoms with E-state index in [9.17, 15) is 0 Å². The Hall–Kier alpha value is -1.72. The van der Waals surface area contributed by atoms with Crippen LogP contribution in [0.3, 0.4) is 0 Å². The van der Waals surface area contributed by atoms with Crippen molar-refractivity contribution in [3.8, 4) is 11.3 Å². The lowest BCUT2D eigenvalue weighted by molar-refractivity contribution is 0.160. The Balaban J connectivity index is 2.37. The van der Waals surface area contributed by atoms with Gasteiger partial charge in [0.15, 0.2) is 0 Å². The van der Waals surface area contributed by atoms with Gasteiger partial charge in [-0.15, -0.1) is 0 Å². The molecule has 2 aromatic rings. The van der Waals surface area contributed by atoms with Crippen LogP contribution in [0.25, 0.3) is 11.3 Å². The van der Waals surface area contributed by atoms with Gasteiger partial charge in [-0.3, -0.25) is 0 Å². The number of rotatable bonds is 3. The summed E-state index contributed by atoms with van der Waals surface area (Å²) in [7, 11) is 0. The highest BCUT2D eigenvalue weighted by atomic mass is 16.5. The molecule has 0 amide bonds. The maximum absolute atomic E-state index is 8.58. The fraction of sp³-hybridized carbons (Fsp3) is 0.111. The summed E-state index contributed by atoms with van der Waals surface area (Å²) in [5.41, 5.74) is 4.49. The van der Waals surface area contributed by atoms with Gasteiger partial charge >= 0.3 is 0 Å². The Labute approximate surface area is 80.7 Å². The van der Waals surface area contributed by atoms with Crippen molar-refractivity contribution in [3.63, 3.8) is 0 Å². The monoisotopic (exact) mass is 190 g/mol. The van der Waals surface area contributed by atoms with Crippen molar-refractivity contribution < 1.29 is 5.21 Å². The molecule has 0 fully saturated rings. The van der Waals surface area contributed by atoms with Crippen molar-refractivity contribution in [3.05, 3.63) is 36.0 Å². The van der Waals surface area contributed by atoms with Gasteiger partial charge in [0.25, 0.3) is 0 Å². The number of benzene rings is 1. The summed E-state index contributed by atoms with van der Waals surface area (Å²) in [4.78, 5) is 0. The number of aromatic amines is 1. The number of H-pyrrole nitrogens is 1. The summed E-state index contributed by atoms with van der Waals surface area (Å²) in [6, 6.07) is 9.69. The van der Waals surface area contributed by atoms with Crippen LogP contribution in [-0.4, -0.2) is 20.6 Å². The highest BCUT2D eigenvalue weighted by Crippen LogP contribution is 2.18. The average molecular weight is 190 g/mol. The third kappa shape index (κ3) is 1.63. The lowest BCUT2D eigenvalue weighted by atomic mass is 10.1. The van der Waals surface area contributed by atoms with Crippen LogP contribution in [0.1, 0.15) is 5.69 Å². The summed E-state index contributed by atoms with van der Waals surface area (Å²) in [5.74, 6) is 0. The van der Waals surface area contributed by atoms with Crippen LogP contribution in [0, 0.1) is 0 Å². The summed E-state index contributed by atoms with van der Waals surface area (Å²) in [5, 5.41) is 19.0. The van der Waals surface area contributed by atoms with Gasteiger partial charge < -0.3 is 5.21 Å². The smallest absolute Gasteiger partial charge is 0.117 e. The molecule has 0 radical (unpaired) electrons. The van der Waals surface area contributed by atoms with Crippen LogP contribution in [0.4, 0.5) is 0 Å². The van der Waals surface area contributed by atoms with Crippen molar-refractivity contribution in [2.24, 2.45) is 0 Å². The normalized spacial score (nSPS) is 10.4. The fourth-order valence-corrected chi connectivity index (χ4v) is 1.28. The van der Waals surface area contributed by atoms with Gasteiger partial charge in [-0.05, 0) is 0 Å². The maximum atomic E-state index is 8.58. The number of hydroxylamine groups is 1. The maximum Gasteiger partial charge on any atom is 0.117 e. The lowest BCUT2D eigenvalue weighted by Crippen LogP contribution is -2.07. The number of hydrogen-bond donors (Lipinski definition) is 3. The first-order valence-electron chi connectivity index (χ1n) is 4.24. The number of nitrogens with zero attached hydrogens (tertiary/aromatic N) is 2. The predicted molar refractivity (Wildman–Crippen MR) is 50.4 cm³/mol. The third-order valence-corrected chi connectivity index (χ3v) is 1.91. The highest BCUT2D eigenvalue weighted by molar-refractivity contribution is 5.60. The second-order valence-corrected chi connectivity index (χ2v) is 2.82. The molecule has 0 aliphatic carbocycles. The fourth-order valence-electron chi connectivity index (χ4n) is 1.28. The van der Waals surface area contributed by atoms with Gasteiger partial charge in [0.2, 0.25) is 0 Å². The van der Waals surface area contributed by atoms with E-state index in [1.54, 1.807) is 0 Å². The minimum absolute atomic E-state index is 0.278. The van der Waals surface area contributed by atoms with Crippen LogP contribution in [-0.2, 0) is 6.54 Å². The zero-order valence-electron chi connectivity index (χ0n) is 7.44. The molecule has 1 aromatic carbocycles. The Kier molecular flexibility index (Phi) is 2.53. The van der Waals surface area contributed by atoms with E-state index >= 15 is 0 Å². The Bertz CT molecular complexity index is 398. The number of hydrogen-bond acceptors (Lipinski definition) is 4. The van der Waals surface area contributed by atoms with Crippen LogP contribution in [0.2, 0.25) is 0 Å². The summed E-state index contributed by atoms with van der Waals surface area (Å²) < 4.78 is 0. The summed E-state index contributed by atoms with van der Waals surface area (Å²) >= 11 is 0. The van der Waals surface area contributed by atoms with E-state index in [2.05, 4.69) is 20.9 Å². The molecule has 2 rings (SSSR count). The van der Waals surface area contributed by atoms with Gasteiger partial charge in [0.1, 0.15) is 11.4 Å². The van der Waals surface area contributed by atoms with Gasteiger partial charge in [-0.25, -0.2) is 0 Å². The predicted octanol–water partition coefficient (Wildman–Crippen LogP) is 0.950. The molecule has 0 aliphatic heterocycles. The van der Waals surface area contributed by atoms with Crippen molar-refractivity contribution in [2.75, 3.05) is 0 Å². The molecular formula is C9H10N4O. The highest BCUT2D eigenvalue weighted by Gasteiger charge is 2.08. The molecule has 72 valence electrons. The number of aromatic nitrogens is 3. The number of nitrogens with one attached hydrogen (secondary N) is 2. The van der Waals surface area contributed by atoms with Crippen molar-refractivity contribution in [1.29, 1.82) is 0 Å². The molecule has 0 saturated heterocycles. The molecule has 5 nitrogen and oxygen atoms in total. The standard InChI is InChI=1S/C9H10N4O/c14-10-6-8-9(12-13-11-8)7-4-2-1-3-5-7/h1-5,10,14H,6H2,(H,11,12,13). The second kappa shape index (κ2) is 3.99. The largest absolute Gasteiger partial charge is 0.316 e. The minimum Gasteiger partial charge on any atom is -0.316 e. The molecule has 0 aliphatic rings. The quantitative estimate of drug-likeness (QED) is 0.630. The van der Waals surface area contributed by atoms with E-state index in [-0.39, 0.29) is 6.54 Å². The van der Waals surface area contributed by atoms with Crippen LogP contribution >= 0.6 is 0 Å². The van der Waals surface area contributed by atoms with Crippen LogP contribution in [0.15, 0.2) is 30.3 Å². The van der Waals surface area contributed by atoms with Gasteiger partial charge in [0.05, 0.1) is 6.54 Å². The molecular weight excluding hydrogens is 180 g/mol. The molecule has 0 spiro atoms. The molecule has 3 N–H and O–H groups in total. The molecule has 0 unspecified atom stereocenters. The Morgan fingerprint density at radius 2 is 2.00 bits per heavy atom. The Morgan fingerprint density at radius 3 is 2.71 bits per heavy atom. The zero-order chi connectivity index (χ0) is 9.80. The van der Waals surface area contributed by atoms with Gasteiger partial charge in [-0.2, -0.15) is 20.9 Å². The lowest BCUT2D eigenvalue weighted by Gasteiger charge is -1.98. The van der Waals surface area contributed by atoms with Crippen molar-refractivity contribution in [2.45, 2.75) is 6.54 Å². The first kappa shape index (κ1) is 8.86. The molecule has 1 heterocycles. The van der Waals surface area contributed by atoms with Gasteiger partial charge in [-0.1, -0.05) is 30.3 Å². The summed E-state index contributed by atoms with van der Waals surface area (Å²) in [6.45, 7) is 0.278. The van der Waals surface area contributed by atoms with E-state index in [4.69, 9.17) is 5.21 Å². The third-order valence-electron chi connectivity index (χ3n) is 1.91. The second-order valence-electron chi connectivity index (χ2n) is 2.82. The first-order valence-corrected chi connectivity index (χ1v) is 4.24. The van der Waals surface area contributed by atoms with Crippen LogP contribution in [0.5, 0.6) is 0 Å². The molecule has 0 saturated carbocycles. The van der Waals surface area contributed by atoms with E-state index in [0.717, 1.165) is 11.3 Å². The van der Waals surface area contributed by atoms with E-state index in [0.29, 0.717) is 5.69 Å². The zero-order valence-corrected chi connectivity index (χ0v) is 7.44. The molecule has 5 heteroatoms. The minimum atomic E-state index is 0.278. The summed E-state index contributed by atoms with van der Waals surface area (Å²) in [6.07, 6.45) is 0. The molecule has 0 atom stereocenters. The average Bonchev–Trinajstić information content (AvgIpc) is 2.68. The van der Waals surface area contributed by atoms with Crippen molar-refractivity contribution >= 4 is 0 Å². The van der Waals surface area contributed by atoms with Crippen molar-refractivity contribution in [1.82, 2.24) is 20.9 Å². The van der Waals surface area contributed by atoms with E-state index in [1.807, 2.05) is 30.3 Å². The molecule has 14 heavy (non-hydrogen) atoms. The van der Waals surface area contributed by atoms with E-state index < -0.39 is 0 Å². The molecule has 0 bridgehead atoms. The Morgan fingerprint density at radius 1 is 1.21 bits per heavy atom. The SMILES string of the molecule is ONCc1n[nH]nc1-c1ccccc1. The van der Waals surface area contributed by atoms with Gasteiger partial charge in [0, 0.05) is 5.56 Å².